The highest BCUT2D eigenvalue weighted by Crippen LogP contribution is 2.27. The predicted molar refractivity (Wildman–Crippen MR) is 149 cm³/mol. The Bertz CT molecular complexity index is 1080. The van der Waals surface area contributed by atoms with E-state index < -0.39 is 10.0 Å². The fraction of sp³-hybridized carbons (Fsp3) is 0.704. The highest BCUT2D eigenvalue weighted by molar-refractivity contribution is 7.89. The third kappa shape index (κ3) is 8.14. The molecule has 11 nitrogen and oxygen atoms in total. The van der Waals surface area contributed by atoms with Crippen molar-refractivity contribution in [1.29, 1.82) is 0 Å². The van der Waals surface area contributed by atoms with Gasteiger partial charge < -0.3 is 29.1 Å². The molecule has 0 unspecified atom stereocenters. The lowest BCUT2D eigenvalue weighted by molar-refractivity contribution is -0.137. The second kappa shape index (κ2) is 13.9. The number of benzene rings is 1. The van der Waals surface area contributed by atoms with Crippen molar-refractivity contribution in [3.63, 3.8) is 0 Å². The molecule has 0 aliphatic carbocycles. The van der Waals surface area contributed by atoms with E-state index in [9.17, 15) is 18.0 Å². The van der Waals surface area contributed by atoms with Crippen LogP contribution < -0.4 is 4.74 Å². The smallest absolute Gasteiger partial charge is 0.248 e. The summed E-state index contributed by atoms with van der Waals surface area (Å²) in [7, 11) is 3.18. The lowest BCUT2D eigenvalue weighted by atomic mass is 10.1. The summed E-state index contributed by atoms with van der Waals surface area (Å²) in [5.74, 6) is 0.567. The number of likely N-dealkylation sites (tertiary alicyclic amines) is 1. The molecule has 2 saturated heterocycles. The van der Waals surface area contributed by atoms with E-state index in [1.165, 1.54) is 11.4 Å². The molecule has 3 rings (SSSR count). The minimum Gasteiger partial charge on any atom is -0.497 e. The number of methoxy groups -OCH3 is 1. The van der Waals surface area contributed by atoms with E-state index in [-0.39, 0.29) is 42.5 Å². The molecule has 1 aromatic rings. The summed E-state index contributed by atoms with van der Waals surface area (Å²) < 4.78 is 38.3. The van der Waals surface area contributed by atoms with Crippen molar-refractivity contribution in [1.82, 2.24) is 23.9 Å². The zero-order chi connectivity index (χ0) is 28.7. The molecular weight excluding hydrogens is 522 g/mol. The van der Waals surface area contributed by atoms with E-state index in [1.807, 2.05) is 4.90 Å². The van der Waals surface area contributed by atoms with E-state index in [0.29, 0.717) is 36.4 Å². The molecule has 0 spiro atoms. The second-order valence-electron chi connectivity index (χ2n) is 10.7. The number of aryl methyl sites for hydroxylation is 2. The molecule has 0 N–H and O–H groups in total. The summed E-state index contributed by atoms with van der Waals surface area (Å²) in [6.45, 7) is 9.55. The molecule has 2 aliphatic heterocycles. The highest BCUT2D eigenvalue weighted by Gasteiger charge is 2.31. The number of nitrogens with zero attached hydrogens (tertiary/aromatic N) is 5. The summed E-state index contributed by atoms with van der Waals surface area (Å²) >= 11 is 0. The molecule has 2 heterocycles. The van der Waals surface area contributed by atoms with Gasteiger partial charge in [-0.3, -0.25) is 9.59 Å². The molecule has 1 atom stereocenters. The van der Waals surface area contributed by atoms with Crippen LogP contribution in [0.5, 0.6) is 5.75 Å². The molecule has 0 radical (unpaired) electrons. The van der Waals surface area contributed by atoms with Gasteiger partial charge in [-0.2, -0.15) is 4.31 Å². The van der Waals surface area contributed by atoms with Gasteiger partial charge in [0.15, 0.2) is 0 Å². The molecule has 1 aromatic carbocycles. The predicted octanol–water partition coefficient (Wildman–Crippen LogP) is 0.646. The number of carbonyl (C=O) groups is 2. The van der Waals surface area contributed by atoms with E-state index in [4.69, 9.17) is 9.47 Å². The number of hydrogen-bond donors (Lipinski definition) is 0. The molecule has 0 bridgehead atoms. The number of likely N-dealkylation sites (N-methyl/N-ethyl adjacent to an activating group) is 3. The average Bonchev–Trinajstić information content (AvgIpc) is 3.39. The van der Waals surface area contributed by atoms with Gasteiger partial charge in [0.1, 0.15) is 12.4 Å². The Morgan fingerprint density at radius 1 is 1.05 bits per heavy atom. The highest BCUT2D eigenvalue weighted by atomic mass is 32.2. The maximum absolute atomic E-state index is 13.1. The summed E-state index contributed by atoms with van der Waals surface area (Å²) in [6, 6.07) is 3.35. The summed E-state index contributed by atoms with van der Waals surface area (Å²) in [4.78, 5) is 33.8. The first-order valence-electron chi connectivity index (χ1n) is 13.6. The number of hydrogen-bond acceptors (Lipinski definition) is 8. The molecule has 2 fully saturated rings. The SMILES string of the molecule is COc1cc(C)c(S(=O)(=O)N(C)CCOCC(=O)N(C)[C@@H]2CCN(C(=O)CCN3CCN(C)CC3)C2)c(C)c1. The first-order valence-corrected chi connectivity index (χ1v) is 15.0. The standard InChI is InChI=1S/C27H45N5O6S/c1-21-17-24(37-6)18-22(2)27(21)39(35,36)29(4)15-16-38-20-26(34)30(5)23-7-10-32(19-23)25(33)8-9-31-13-11-28(3)12-14-31/h17-18,23H,7-16,19-20H2,1-6H3/t23-/m1/s1. The monoisotopic (exact) mass is 567 g/mol. The summed E-state index contributed by atoms with van der Waals surface area (Å²) in [5.41, 5.74) is 1.22. The van der Waals surface area contributed by atoms with E-state index >= 15 is 0 Å². The zero-order valence-electron chi connectivity index (χ0n) is 24.3. The van der Waals surface area contributed by atoms with Crippen LogP contribution in [0.4, 0.5) is 0 Å². The second-order valence-corrected chi connectivity index (χ2v) is 12.6. The fourth-order valence-corrected chi connectivity index (χ4v) is 6.70. The normalized spacial score (nSPS) is 19.1. The quantitative estimate of drug-likeness (QED) is 0.339. The van der Waals surface area contributed by atoms with Crippen LogP contribution in [-0.2, 0) is 24.3 Å². The minimum atomic E-state index is -3.72. The Kier molecular flexibility index (Phi) is 11.1. The van der Waals surface area contributed by atoms with Crippen molar-refractivity contribution in [2.75, 3.05) is 93.8 Å². The van der Waals surface area contributed by atoms with Crippen LogP contribution in [0.1, 0.15) is 24.0 Å². The van der Waals surface area contributed by atoms with Gasteiger partial charge in [0, 0.05) is 72.9 Å². The Hall–Kier alpha value is -2.25. The van der Waals surface area contributed by atoms with Crippen LogP contribution >= 0.6 is 0 Å². The average molecular weight is 568 g/mol. The zero-order valence-corrected chi connectivity index (χ0v) is 25.1. The van der Waals surface area contributed by atoms with E-state index in [0.717, 1.165) is 39.1 Å². The number of piperazine rings is 1. The lowest BCUT2D eigenvalue weighted by Gasteiger charge is -2.32. The number of sulfonamides is 1. The third-order valence-electron chi connectivity index (χ3n) is 7.81. The van der Waals surface area contributed by atoms with Gasteiger partial charge in [0.2, 0.25) is 21.8 Å². The number of ether oxygens (including phenoxy) is 2. The van der Waals surface area contributed by atoms with Gasteiger partial charge in [-0.1, -0.05) is 0 Å². The van der Waals surface area contributed by atoms with Crippen LogP contribution in [0.25, 0.3) is 0 Å². The van der Waals surface area contributed by atoms with Crippen molar-refractivity contribution in [3.05, 3.63) is 23.3 Å². The van der Waals surface area contributed by atoms with Crippen molar-refractivity contribution in [2.24, 2.45) is 0 Å². The van der Waals surface area contributed by atoms with Crippen molar-refractivity contribution < 1.29 is 27.5 Å². The molecule has 12 heteroatoms. The Balaban J connectivity index is 1.39. The number of carbonyl (C=O) groups excluding carboxylic acids is 2. The van der Waals surface area contributed by atoms with Gasteiger partial charge in [0.25, 0.3) is 0 Å². The first-order chi connectivity index (χ1) is 18.4. The Labute approximate surface area is 233 Å². The Morgan fingerprint density at radius 2 is 1.69 bits per heavy atom. The summed E-state index contributed by atoms with van der Waals surface area (Å²) in [6.07, 6.45) is 1.24. The molecular formula is C27H45N5O6S. The molecule has 2 aliphatic rings. The van der Waals surface area contributed by atoms with Gasteiger partial charge >= 0.3 is 0 Å². The van der Waals surface area contributed by atoms with Crippen LogP contribution in [-0.4, -0.2) is 144 Å². The van der Waals surface area contributed by atoms with Crippen molar-refractivity contribution in [2.45, 2.75) is 37.6 Å². The molecule has 0 saturated carbocycles. The van der Waals surface area contributed by atoms with Crippen LogP contribution in [0.2, 0.25) is 0 Å². The van der Waals surface area contributed by atoms with E-state index in [1.54, 1.807) is 45.0 Å². The van der Waals surface area contributed by atoms with Crippen LogP contribution in [0.3, 0.4) is 0 Å². The minimum absolute atomic E-state index is 0.0437. The third-order valence-corrected chi connectivity index (χ3v) is 9.97. The molecule has 0 aromatic heterocycles. The fourth-order valence-electron chi connectivity index (χ4n) is 5.14. The largest absolute Gasteiger partial charge is 0.497 e. The van der Waals surface area contributed by atoms with Crippen LogP contribution in [0.15, 0.2) is 17.0 Å². The maximum Gasteiger partial charge on any atom is 0.248 e. The number of rotatable bonds is 12. The summed E-state index contributed by atoms with van der Waals surface area (Å²) in [5, 5.41) is 0. The molecule has 39 heavy (non-hydrogen) atoms. The van der Waals surface area contributed by atoms with Gasteiger partial charge in [0.05, 0.1) is 24.7 Å². The topological polar surface area (TPSA) is 103 Å². The van der Waals surface area contributed by atoms with Gasteiger partial charge in [-0.25, -0.2) is 8.42 Å². The van der Waals surface area contributed by atoms with E-state index in [2.05, 4.69) is 16.8 Å². The Morgan fingerprint density at radius 3 is 2.31 bits per heavy atom. The maximum atomic E-state index is 13.1. The number of amides is 2. The van der Waals surface area contributed by atoms with Crippen LogP contribution in [0, 0.1) is 13.8 Å². The first kappa shape index (κ1) is 31.3. The van der Waals surface area contributed by atoms with Gasteiger partial charge in [-0.15, -0.1) is 0 Å². The lowest BCUT2D eigenvalue weighted by Crippen LogP contribution is -2.46. The molecule has 220 valence electrons. The van der Waals surface area contributed by atoms with Gasteiger partial charge in [-0.05, 0) is 50.6 Å². The van der Waals surface area contributed by atoms with Crippen molar-refractivity contribution in [3.8, 4) is 5.75 Å². The molecule has 2 amide bonds. The van der Waals surface area contributed by atoms with Crippen molar-refractivity contribution >= 4 is 21.8 Å².